The number of ether oxygens (including phenoxy) is 3. The molecule has 0 aromatic heterocycles. The average Bonchev–Trinajstić information content (AvgIpc) is 2.88. The van der Waals surface area contributed by atoms with Crippen LogP contribution < -0.4 is 9.47 Å². The lowest BCUT2D eigenvalue weighted by atomic mass is 10.2. The molecule has 1 aliphatic heterocycles. The van der Waals surface area contributed by atoms with Gasteiger partial charge in [-0.05, 0) is 24.1 Å². The molecule has 0 atom stereocenters. The monoisotopic (exact) mass is 260 g/mol. The Balaban J connectivity index is 1.88. The Morgan fingerprint density at radius 1 is 1.32 bits per heavy atom. The number of rotatable bonds is 5. The Kier molecular flexibility index (Phi) is 4.61. The second-order valence-electron chi connectivity index (χ2n) is 4.00. The standard InChI is InChI=1S/C15H16O4/c1-2-9-17-15(16)6-4-3-5-12-7-8-13-14(10-12)19-11-18-13/h3-8,10H,2,9,11H2,1H3/b5-3+,6-4+. The van der Waals surface area contributed by atoms with Crippen LogP contribution in [0.25, 0.3) is 6.08 Å². The van der Waals surface area contributed by atoms with Crippen molar-refractivity contribution in [1.29, 1.82) is 0 Å². The van der Waals surface area contributed by atoms with E-state index < -0.39 is 0 Å². The van der Waals surface area contributed by atoms with Crippen molar-refractivity contribution in [3.05, 3.63) is 42.0 Å². The van der Waals surface area contributed by atoms with E-state index in [1.54, 1.807) is 12.2 Å². The van der Waals surface area contributed by atoms with E-state index >= 15 is 0 Å². The van der Waals surface area contributed by atoms with Crippen LogP contribution in [0.2, 0.25) is 0 Å². The number of hydrogen-bond acceptors (Lipinski definition) is 4. The topological polar surface area (TPSA) is 44.8 Å². The number of allylic oxidation sites excluding steroid dienone is 2. The Morgan fingerprint density at radius 2 is 2.16 bits per heavy atom. The van der Waals surface area contributed by atoms with E-state index in [-0.39, 0.29) is 12.8 Å². The minimum Gasteiger partial charge on any atom is -0.463 e. The number of benzene rings is 1. The molecule has 0 radical (unpaired) electrons. The van der Waals surface area contributed by atoms with E-state index in [0.29, 0.717) is 6.61 Å². The van der Waals surface area contributed by atoms with E-state index in [0.717, 1.165) is 23.5 Å². The first-order valence-corrected chi connectivity index (χ1v) is 6.21. The van der Waals surface area contributed by atoms with Gasteiger partial charge < -0.3 is 14.2 Å². The second-order valence-corrected chi connectivity index (χ2v) is 4.00. The molecule has 4 heteroatoms. The largest absolute Gasteiger partial charge is 0.463 e. The normalized spacial score (nSPS) is 13.3. The number of hydrogen-bond donors (Lipinski definition) is 0. The summed E-state index contributed by atoms with van der Waals surface area (Å²) >= 11 is 0. The van der Waals surface area contributed by atoms with Crippen LogP contribution in [0.5, 0.6) is 11.5 Å². The maximum Gasteiger partial charge on any atom is 0.330 e. The number of carbonyl (C=O) groups excluding carboxylic acids is 1. The lowest BCUT2D eigenvalue weighted by Gasteiger charge is -1.97. The zero-order chi connectivity index (χ0) is 13.5. The molecule has 0 saturated heterocycles. The van der Waals surface area contributed by atoms with Crippen LogP contribution in [0.1, 0.15) is 18.9 Å². The smallest absolute Gasteiger partial charge is 0.330 e. The Bertz CT molecular complexity index is 503. The predicted octanol–water partition coefficient (Wildman–Crippen LogP) is 2.94. The zero-order valence-electron chi connectivity index (χ0n) is 10.8. The van der Waals surface area contributed by atoms with Crippen LogP contribution >= 0.6 is 0 Å². The van der Waals surface area contributed by atoms with Gasteiger partial charge in [-0.15, -0.1) is 0 Å². The van der Waals surface area contributed by atoms with E-state index in [4.69, 9.17) is 14.2 Å². The van der Waals surface area contributed by atoms with Gasteiger partial charge >= 0.3 is 5.97 Å². The van der Waals surface area contributed by atoms with Gasteiger partial charge in [0.05, 0.1) is 6.61 Å². The highest BCUT2D eigenvalue weighted by Crippen LogP contribution is 2.32. The molecule has 100 valence electrons. The Labute approximate surface area is 112 Å². The van der Waals surface area contributed by atoms with Crippen LogP contribution in [0.15, 0.2) is 36.4 Å². The second kappa shape index (κ2) is 6.64. The van der Waals surface area contributed by atoms with Crippen LogP contribution in [-0.4, -0.2) is 19.4 Å². The maximum atomic E-state index is 11.2. The molecule has 1 aliphatic rings. The molecule has 0 aliphatic carbocycles. The highest BCUT2D eigenvalue weighted by molar-refractivity contribution is 5.82. The molecule has 1 aromatic rings. The van der Waals surface area contributed by atoms with Gasteiger partial charge in [0.2, 0.25) is 6.79 Å². The Hall–Kier alpha value is -2.23. The fourth-order valence-corrected chi connectivity index (χ4v) is 1.57. The summed E-state index contributed by atoms with van der Waals surface area (Å²) in [5.41, 5.74) is 0.982. The third kappa shape index (κ3) is 3.88. The van der Waals surface area contributed by atoms with Gasteiger partial charge in [0.25, 0.3) is 0 Å². The summed E-state index contributed by atoms with van der Waals surface area (Å²) in [4.78, 5) is 11.2. The van der Waals surface area contributed by atoms with Gasteiger partial charge in [-0.1, -0.05) is 31.2 Å². The van der Waals surface area contributed by atoms with Gasteiger partial charge in [-0.3, -0.25) is 0 Å². The predicted molar refractivity (Wildman–Crippen MR) is 72.0 cm³/mol. The van der Waals surface area contributed by atoms with Crippen LogP contribution in [0.4, 0.5) is 0 Å². The minimum atomic E-state index is -0.322. The summed E-state index contributed by atoms with van der Waals surface area (Å²) in [5.74, 6) is 1.18. The first-order chi connectivity index (χ1) is 9.29. The molecule has 0 fully saturated rings. The van der Waals surface area contributed by atoms with Gasteiger partial charge in [0.15, 0.2) is 11.5 Å². The molecule has 1 heterocycles. The lowest BCUT2D eigenvalue weighted by Crippen LogP contribution is -2.00. The lowest BCUT2D eigenvalue weighted by molar-refractivity contribution is -0.137. The molecule has 19 heavy (non-hydrogen) atoms. The average molecular weight is 260 g/mol. The molecule has 0 unspecified atom stereocenters. The van der Waals surface area contributed by atoms with Crippen molar-refractivity contribution in [2.45, 2.75) is 13.3 Å². The van der Waals surface area contributed by atoms with Gasteiger partial charge in [0, 0.05) is 6.08 Å². The van der Waals surface area contributed by atoms with Crippen LogP contribution in [0.3, 0.4) is 0 Å². The molecule has 0 bridgehead atoms. The summed E-state index contributed by atoms with van der Waals surface area (Å²) in [5, 5.41) is 0. The molecule has 0 spiro atoms. The van der Waals surface area contributed by atoms with Gasteiger partial charge in [-0.2, -0.15) is 0 Å². The Morgan fingerprint density at radius 3 is 3.00 bits per heavy atom. The third-order valence-electron chi connectivity index (χ3n) is 2.48. The zero-order valence-corrected chi connectivity index (χ0v) is 10.8. The highest BCUT2D eigenvalue weighted by Gasteiger charge is 2.11. The van der Waals surface area contributed by atoms with Crippen molar-refractivity contribution < 1.29 is 19.0 Å². The van der Waals surface area contributed by atoms with E-state index in [9.17, 15) is 4.79 Å². The molecule has 0 saturated carbocycles. The summed E-state index contributed by atoms with van der Waals surface area (Å²) in [6.45, 7) is 2.68. The van der Waals surface area contributed by atoms with E-state index in [2.05, 4.69) is 0 Å². The number of carbonyl (C=O) groups is 1. The number of fused-ring (bicyclic) bond motifs is 1. The molecule has 0 N–H and O–H groups in total. The first kappa shape index (κ1) is 13.2. The highest BCUT2D eigenvalue weighted by atomic mass is 16.7. The van der Waals surface area contributed by atoms with Crippen molar-refractivity contribution in [3.63, 3.8) is 0 Å². The molecule has 0 amide bonds. The van der Waals surface area contributed by atoms with Gasteiger partial charge in [0.1, 0.15) is 0 Å². The first-order valence-electron chi connectivity index (χ1n) is 6.21. The fraction of sp³-hybridized carbons (Fsp3) is 0.267. The summed E-state index contributed by atoms with van der Waals surface area (Å²) in [6.07, 6.45) is 7.55. The molecule has 2 rings (SSSR count). The summed E-state index contributed by atoms with van der Waals surface area (Å²) < 4.78 is 15.4. The van der Waals surface area contributed by atoms with Crippen LogP contribution in [0, 0.1) is 0 Å². The summed E-state index contributed by atoms with van der Waals surface area (Å²) in [6, 6.07) is 5.68. The minimum absolute atomic E-state index is 0.270. The maximum absolute atomic E-state index is 11.2. The molecule has 1 aromatic carbocycles. The quantitative estimate of drug-likeness (QED) is 0.464. The van der Waals surface area contributed by atoms with Crippen molar-refractivity contribution in [3.8, 4) is 11.5 Å². The van der Waals surface area contributed by atoms with E-state index in [1.165, 1.54) is 6.08 Å². The van der Waals surface area contributed by atoms with Crippen molar-refractivity contribution in [2.75, 3.05) is 13.4 Å². The molecular weight excluding hydrogens is 244 g/mol. The molecular formula is C15H16O4. The number of esters is 1. The fourth-order valence-electron chi connectivity index (χ4n) is 1.57. The van der Waals surface area contributed by atoms with Crippen molar-refractivity contribution in [2.24, 2.45) is 0 Å². The summed E-state index contributed by atoms with van der Waals surface area (Å²) in [7, 11) is 0. The van der Waals surface area contributed by atoms with Gasteiger partial charge in [-0.25, -0.2) is 4.79 Å². The third-order valence-corrected chi connectivity index (χ3v) is 2.48. The van der Waals surface area contributed by atoms with E-state index in [1.807, 2.05) is 31.2 Å². The van der Waals surface area contributed by atoms with Crippen molar-refractivity contribution >= 4 is 12.0 Å². The SMILES string of the molecule is CCCOC(=O)/C=C/C=C/c1ccc2c(c1)OCO2. The van der Waals surface area contributed by atoms with Crippen LogP contribution in [-0.2, 0) is 9.53 Å². The molecule has 4 nitrogen and oxygen atoms in total. The van der Waals surface area contributed by atoms with Crippen molar-refractivity contribution in [1.82, 2.24) is 0 Å².